The molecule has 0 aromatic carbocycles. The van der Waals surface area contributed by atoms with E-state index in [-0.39, 0.29) is 5.25 Å². The summed E-state index contributed by atoms with van der Waals surface area (Å²) in [5.41, 5.74) is 0. The Morgan fingerprint density at radius 2 is 2.12 bits per heavy atom. The molecule has 1 nitrogen and oxygen atoms in total. The summed E-state index contributed by atoms with van der Waals surface area (Å²) in [6.07, 6.45) is 2.67. The van der Waals surface area contributed by atoms with Crippen LogP contribution in [0.2, 0.25) is 0 Å². The molecule has 0 heterocycles. The van der Waals surface area contributed by atoms with E-state index in [1.807, 2.05) is 13.8 Å². The van der Waals surface area contributed by atoms with Crippen molar-refractivity contribution in [2.75, 3.05) is 6.26 Å². The van der Waals surface area contributed by atoms with Crippen molar-refractivity contribution in [3.8, 4) is 0 Å². The van der Waals surface area contributed by atoms with Crippen molar-refractivity contribution in [1.29, 1.82) is 0 Å². The molecule has 2 heteroatoms. The van der Waals surface area contributed by atoms with Crippen LogP contribution in [-0.2, 0) is 9.52 Å². The minimum absolute atomic E-state index is 0.266. The summed E-state index contributed by atoms with van der Waals surface area (Å²) in [6, 6.07) is 0. The highest BCUT2D eigenvalue weighted by molar-refractivity contribution is 8.00. The molecule has 0 N–H and O–H groups in total. The van der Waals surface area contributed by atoms with Gasteiger partial charge >= 0.3 is 0 Å². The van der Waals surface area contributed by atoms with Gasteiger partial charge in [0.1, 0.15) is 0 Å². The smallest absolute Gasteiger partial charge is 0.0238 e. The van der Waals surface area contributed by atoms with Gasteiger partial charge in [0.05, 0.1) is 0 Å². The zero-order chi connectivity index (χ0) is 6.78. The molecular weight excluding hydrogens is 120 g/mol. The Labute approximate surface area is 52.1 Å². The molecule has 0 aromatic heterocycles. The molecule has 50 valence electrons. The van der Waals surface area contributed by atoms with Gasteiger partial charge < -0.3 is 0 Å². The van der Waals surface area contributed by atoms with Crippen LogP contribution in [0.5, 0.6) is 0 Å². The monoisotopic (exact) mass is 134 g/mol. The van der Waals surface area contributed by atoms with Gasteiger partial charge in [-0.15, -0.1) is 0 Å². The predicted octanol–water partition coefficient (Wildman–Crippen LogP) is 1.13. The Hall–Kier alpha value is 0.0200. The second kappa shape index (κ2) is 2.53. The van der Waals surface area contributed by atoms with E-state index in [1.54, 1.807) is 6.26 Å². The van der Waals surface area contributed by atoms with Crippen LogP contribution in [0, 0.1) is 0 Å². The third-order valence-corrected chi connectivity index (χ3v) is 3.46. The maximum absolute atomic E-state index is 11.0. The third-order valence-electron chi connectivity index (χ3n) is 1.43. The first-order valence-corrected chi connectivity index (χ1v) is 4.99. The molecule has 0 aliphatic carbocycles. The van der Waals surface area contributed by atoms with Gasteiger partial charge in [0, 0.05) is 11.5 Å². The van der Waals surface area contributed by atoms with E-state index in [0.717, 1.165) is 6.42 Å². The van der Waals surface area contributed by atoms with Gasteiger partial charge in [0.15, 0.2) is 0 Å². The van der Waals surface area contributed by atoms with Gasteiger partial charge in [-0.05, 0) is 21.8 Å². The van der Waals surface area contributed by atoms with Crippen LogP contribution in [0.1, 0.15) is 20.3 Å². The van der Waals surface area contributed by atoms with Crippen molar-refractivity contribution in [2.45, 2.75) is 25.5 Å². The summed E-state index contributed by atoms with van der Waals surface area (Å²) >= 11 is 0. The second-order valence-corrected chi connectivity index (χ2v) is 5.24. The SMILES string of the molecule is C=S(C)(=O)C(C)CC. The molecular formula is C6H14OS. The molecule has 0 aromatic rings. The predicted molar refractivity (Wildman–Crippen MR) is 40.9 cm³/mol. The fourth-order valence-corrected chi connectivity index (χ4v) is 1.06. The summed E-state index contributed by atoms with van der Waals surface area (Å²) in [4.78, 5) is 0. The van der Waals surface area contributed by atoms with Crippen LogP contribution < -0.4 is 0 Å². The van der Waals surface area contributed by atoms with Crippen LogP contribution in [-0.4, -0.2) is 21.6 Å². The van der Waals surface area contributed by atoms with Gasteiger partial charge in [0.25, 0.3) is 0 Å². The van der Waals surface area contributed by atoms with Crippen molar-refractivity contribution >= 4 is 15.4 Å². The Kier molecular flexibility index (Phi) is 2.54. The lowest BCUT2D eigenvalue weighted by Crippen LogP contribution is -2.13. The summed E-state index contributed by atoms with van der Waals surface area (Å²) in [5.74, 6) is 3.57. The first-order valence-electron chi connectivity index (χ1n) is 2.79. The summed E-state index contributed by atoms with van der Waals surface area (Å²) in [6.45, 7) is 3.99. The summed E-state index contributed by atoms with van der Waals surface area (Å²) < 4.78 is 11.0. The van der Waals surface area contributed by atoms with E-state index in [0.29, 0.717) is 0 Å². The molecule has 0 saturated heterocycles. The first-order chi connectivity index (χ1) is 3.48. The molecule has 0 bridgehead atoms. The van der Waals surface area contributed by atoms with Crippen LogP contribution in [0.15, 0.2) is 0 Å². The van der Waals surface area contributed by atoms with Crippen molar-refractivity contribution < 1.29 is 4.21 Å². The Morgan fingerprint density at radius 1 is 1.75 bits per heavy atom. The average molecular weight is 134 g/mol. The fraction of sp³-hybridized carbons (Fsp3) is 0.833. The molecule has 0 fully saturated rings. The molecule has 0 aliphatic rings. The van der Waals surface area contributed by atoms with Crippen LogP contribution in [0.3, 0.4) is 0 Å². The Morgan fingerprint density at radius 3 is 2.12 bits per heavy atom. The zero-order valence-corrected chi connectivity index (χ0v) is 6.62. The van der Waals surface area contributed by atoms with E-state index in [1.165, 1.54) is 0 Å². The molecule has 2 unspecified atom stereocenters. The topological polar surface area (TPSA) is 17.1 Å². The van der Waals surface area contributed by atoms with Crippen molar-refractivity contribution in [2.24, 2.45) is 0 Å². The van der Waals surface area contributed by atoms with E-state index in [2.05, 4.69) is 5.87 Å². The molecule has 0 aliphatic heterocycles. The summed E-state index contributed by atoms with van der Waals surface area (Å²) in [5, 5.41) is 0.266. The number of rotatable bonds is 2. The lowest BCUT2D eigenvalue weighted by atomic mass is 10.4. The van der Waals surface area contributed by atoms with Gasteiger partial charge in [-0.1, -0.05) is 13.8 Å². The fourth-order valence-electron chi connectivity index (χ4n) is 0.353. The van der Waals surface area contributed by atoms with Gasteiger partial charge in [-0.2, -0.15) is 0 Å². The maximum atomic E-state index is 11.0. The van der Waals surface area contributed by atoms with Crippen LogP contribution >= 0.6 is 0 Å². The first kappa shape index (κ1) is 8.02. The van der Waals surface area contributed by atoms with E-state index >= 15 is 0 Å². The van der Waals surface area contributed by atoms with Gasteiger partial charge in [-0.25, -0.2) is 0 Å². The molecule has 0 saturated carbocycles. The van der Waals surface area contributed by atoms with E-state index in [4.69, 9.17) is 0 Å². The van der Waals surface area contributed by atoms with Gasteiger partial charge in [0.2, 0.25) is 0 Å². The summed E-state index contributed by atoms with van der Waals surface area (Å²) in [7, 11) is -1.75. The van der Waals surface area contributed by atoms with Gasteiger partial charge in [-0.3, -0.25) is 4.21 Å². The highest BCUT2D eigenvalue weighted by Crippen LogP contribution is 2.00. The quantitative estimate of drug-likeness (QED) is 0.517. The minimum Gasteiger partial charge on any atom is -0.268 e. The molecule has 0 amide bonds. The highest BCUT2D eigenvalue weighted by atomic mass is 32.2. The molecule has 0 rings (SSSR count). The third kappa shape index (κ3) is 2.36. The zero-order valence-electron chi connectivity index (χ0n) is 5.81. The lowest BCUT2D eigenvalue weighted by Gasteiger charge is -2.08. The molecule has 0 radical (unpaired) electrons. The normalized spacial score (nSPS) is 21.9. The average Bonchev–Trinajstić information content (AvgIpc) is 1.62. The second-order valence-electron chi connectivity index (χ2n) is 2.29. The molecule has 0 spiro atoms. The molecule has 8 heavy (non-hydrogen) atoms. The number of hydrogen-bond donors (Lipinski definition) is 0. The Balaban J connectivity index is 4.04. The van der Waals surface area contributed by atoms with Crippen LogP contribution in [0.4, 0.5) is 0 Å². The molecule has 2 atom stereocenters. The Bertz CT molecular complexity index is 144. The van der Waals surface area contributed by atoms with E-state index < -0.39 is 9.52 Å². The standard InChI is InChI=1S/C6H14OS/c1-5-6(2)8(3,4)7/h6H,3,5H2,1-2,4H3. The van der Waals surface area contributed by atoms with Crippen molar-refractivity contribution in [3.63, 3.8) is 0 Å². The minimum atomic E-state index is -1.75. The largest absolute Gasteiger partial charge is 0.268 e. The van der Waals surface area contributed by atoms with Crippen molar-refractivity contribution in [1.82, 2.24) is 0 Å². The lowest BCUT2D eigenvalue weighted by molar-refractivity contribution is 0.672. The van der Waals surface area contributed by atoms with E-state index in [9.17, 15) is 4.21 Å². The number of hydrogen-bond acceptors (Lipinski definition) is 1. The highest BCUT2D eigenvalue weighted by Gasteiger charge is 2.03. The maximum Gasteiger partial charge on any atom is 0.0238 e. The van der Waals surface area contributed by atoms with Crippen LogP contribution in [0.25, 0.3) is 0 Å². The van der Waals surface area contributed by atoms with Crippen molar-refractivity contribution in [3.05, 3.63) is 0 Å².